The SMILES string of the molecule is S=C1CN=c2ccncc2=N1. The second-order valence-electron chi connectivity index (χ2n) is 2.19. The number of hydrogen-bond donors (Lipinski definition) is 0. The van der Waals surface area contributed by atoms with E-state index in [4.69, 9.17) is 12.2 Å². The summed E-state index contributed by atoms with van der Waals surface area (Å²) in [6.07, 6.45) is 3.37. The molecule has 0 N–H and O–H groups in total. The first kappa shape index (κ1) is 6.54. The van der Waals surface area contributed by atoms with Crippen molar-refractivity contribution in [1.29, 1.82) is 0 Å². The fraction of sp³-hybridized carbons (Fsp3) is 0.143. The quantitative estimate of drug-likeness (QED) is 0.491. The predicted molar refractivity (Wildman–Crippen MR) is 44.0 cm³/mol. The molecule has 0 unspecified atom stereocenters. The second kappa shape index (κ2) is 2.47. The molecule has 2 rings (SSSR count). The highest BCUT2D eigenvalue weighted by Crippen LogP contribution is 1.82. The van der Waals surface area contributed by atoms with Gasteiger partial charge in [0.05, 0.1) is 18.1 Å². The maximum absolute atomic E-state index is 4.89. The second-order valence-corrected chi connectivity index (χ2v) is 2.66. The summed E-state index contributed by atoms with van der Waals surface area (Å²) < 4.78 is 0. The molecule has 11 heavy (non-hydrogen) atoms. The third kappa shape index (κ3) is 1.17. The van der Waals surface area contributed by atoms with Crippen LogP contribution in [0.25, 0.3) is 0 Å². The van der Waals surface area contributed by atoms with Gasteiger partial charge in [0.2, 0.25) is 0 Å². The maximum Gasteiger partial charge on any atom is 0.125 e. The molecule has 54 valence electrons. The van der Waals surface area contributed by atoms with Crippen molar-refractivity contribution in [3.05, 3.63) is 29.2 Å². The lowest BCUT2D eigenvalue weighted by molar-refractivity contribution is 1.06. The van der Waals surface area contributed by atoms with Crippen LogP contribution in [-0.4, -0.2) is 16.5 Å². The average molecular weight is 163 g/mol. The zero-order valence-corrected chi connectivity index (χ0v) is 6.51. The Labute approximate surface area is 68.5 Å². The lowest BCUT2D eigenvalue weighted by Gasteiger charge is -1.97. The summed E-state index contributed by atoms with van der Waals surface area (Å²) in [4.78, 5) is 12.9. The first-order valence-corrected chi connectivity index (χ1v) is 3.63. The Morgan fingerprint density at radius 2 is 2.27 bits per heavy atom. The van der Waals surface area contributed by atoms with E-state index in [1.807, 2.05) is 6.07 Å². The molecule has 0 spiro atoms. The predicted octanol–water partition coefficient (Wildman–Crippen LogP) is -0.338. The molecule has 1 aromatic heterocycles. The molecule has 0 aliphatic carbocycles. The lowest BCUT2D eigenvalue weighted by atomic mass is 10.4. The Kier molecular flexibility index (Phi) is 1.47. The van der Waals surface area contributed by atoms with Crippen molar-refractivity contribution >= 4 is 17.2 Å². The van der Waals surface area contributed by atoms with E-state index < -0.39 is 0 Å². The number of aromatic nitrogens is 1. The molecule has 1 aliphatic rings. The zero-order chi connectivity index (χ0) is 7.68. The fourth-order valence-electron chi connectivity index (χ4n) is 0.921. The Morgan fingerprint density at radius 3 is 3.18 bits per heavy atom. The Balaban J connectivity index is 2.83. The van der Waals surface area contributed by atoms with E-state index >= 15 is 0 Å². The van der Waals surface area contributed by atoms with Crippen molar-refractivity contribution < 1.29 is 0 Å². The maximum atomic E-state index is 4.89. The molecule has 0 bridgehead atoms. The Bertz CT molecular complexity index is 410. The number of rotatable bonds is 0. The summed E-state index contributed by atoms with van der Waals surface area (Å²) in [5.74, 6) is 0. The topological polar surface area (TPSA) is 37.6 Å². The van der Waals surface area contributed by atoms with E-state index in [0.717, 1.165) is 10.7 Å². The third-order valence-electron chi connectivity index (χ3n) is 1.41. The van der Waals surface area contributed by atoms with Crippen LogP contribution < -0.4 is 10.7 Å². The molecule has 1 aromatic rings. The van der Waals surface area contributed by atoms with E-state index in [2.05, 4.69) is 15.0 Å². The van der Waals surface area contributed by atoms with Gasteiger partial charge in [0.15, 0.2) is 0 Å². The van der Waals surface area contributed by atoms with Crippen molar-refractivity contribution in [1.82, 2.24) is 4.98 Å². The summed E-state index contributed by atoms with van der Waals surface area (Å²) in [5, 5.41) is 1.66. The van der Waals surface area contributed by atoms with Gasteiger partial charge in [-0.05, 0) is 6.07 Å². The number of fused-ring (bicyclic) bond motifs is 1. The monoisotopic (exact) mass is 163 g/mol. The van der Waals surface area contributed by atoms with Gasteiger partial charge in [-0.1, -0.05) is 12.2 Å². The minimum atomic E-state index is 0.534. The number of thiocarbonyl (C=S) groups is 1. The number of hydrogen-bond acceptors (Lipinski definition) is 3. The van der Waals surface area contributed by atoms with Crippen LogP contribution in [0.4, 0.5) is 0 Å². The molecule has 0 radical (unpaired) electrons. The molecule has 0 aromatic carbocycles. The van der Waals surface area contributed by atoms with E-state index in [1.165, 1.54) is 0 Å². The first-order chi connectivity index (χ1) is 5.36. The van der Waals surface area contributed by atoms with E-state index in [-0.39, 0.29) is 0 Å². The normalized spacial score (nSPS) is 14.7. The molecule has 0 saturated carbocycles. The van der Waals surface area contributed by atoms with Crippen LogP contribution in [0, 0.1) is 0 Å². The smallest absolute Gasteiger partial charge is 0.125 e. The van der Waals surface area contributed by atoms with Crippen molar-refractivity contribution in [3.63, 3.8) is 0 Å². The standard InChI is InChI=1S/C7H5N3S/c11-7-4-9-5-1-2-8-3-6(5)10-7/h1-3H,4H2. The van der Waals surface area contributed by atoms with E-state index in [1.54, 1.807) is 12.4 Å². The summed E-state index contributed by atoms with van der Waals surface area (Å²) in [7, 11) is 0. The van der Waals surface area contributed by atoms with Gasteiger partial charge in [-0.15, -0.1) is 0 Å². The van der Waals surface area contributed by atoms with Crippen molar-refractivity contribution in [2.24, 2.45) is 9.98 Å². The van der Waals surface area contributed by atoms with Gasteiger partial charge in [-0.25, -0.2) is 4.99 Å². The zero-order valence-electron chi connectivity index (χ0n) is 5.69. The van der Waals surface area contributed by atoms with Gasteiger partial charge >= 0.3 is 0 Å². The van der Waals surface area contributed by atoms with Gasteiger partial charge in [-0.2, -0.15) is 0 Å². The van der Waals surface area contributed by atoms with E-state index in [9.17, 15) is 0 Å². The Morgan fingerprint density at radius 1 is 1.36 bits per heavy atom. The molecular formula is C7H5N3S. The highest BCUT2D eigenvalue weighted by molar-refractivity contribution is 7.80. The lowest BCUT2D eigenvalue weighted by Crippen LogP contribution is -2.31. The van der Waals surface area contributed by atoms with Crippen LogP contribution in [0.5, 0.6) is 0 Å². The minimum absolute atomic E-state index is 0.534. The van der Waals surface area contributed by atoms with Crippen LogP contribution >= 0.6 is 12.2 Å². The van der Waals surface area contributed by atoms with Gasteiger partial charge < -0.3 is 0 Å². The third-order valence-corrected chi connectivity index (χ3v) is 1.63. The number of nitrogens with zero attached hydrogens (tertiary/aromatic N) is 3. The summed E-state index contributed by atoms with van der Waals surface area (Å²) in [5.41, 5.74) is 0. The summed E-state index contributed by atoms with van der Waals surface area (Å²) in [6, 6.07) is 1.83. The van der Waals surface area contributed by atoms with Crippen LogP contribution in [-0.2, 0) is 0 Å². The van der Waals surface area contributed by atoms with Crippen molar-refractivity contribution in [2.45, 2.75) is 0 Å². The first-order valence-electron chi connectivity index (χ1n) is 3.22. The van der Waals surface area contributed by atoms with Crippen molar-refractivity contribution in [2.75, 3.05) is 6.54 Å². The largest absolute Gasteiger partial charge is 0.276 e. The van der Waals surface area contributed by atoms with E-state index in [0.29, 0.717) is 11.5 Å². The molecule has 3 nitrogen and oxygen atoms in total. The molecule has 0 fully saturated rings. The molecule has 0 atom stereocenters. The molecule has 4 heteroatoms. The average Bonchev–Trinajstić information content (AvgIpc) is 2.04. The van der Waals surface area contributed by atoms with Crippen LogP contribution in [0.3, 0.4) is 0 Å². The van der Waals surface area contributed by atoms with Crippen LogP contribution in [0.1, 0.15) is 0 Å². The van der Waals surface area contributed by atoms with Gasteiger partial charge in [-0.3, -0.25) is 9.98 Å². The fourth-order valence-corrected chi connectivity index (χ4v) is 1.08. The van der Waals surface area contributed by atoms with Gasteiger partial charge in [0, 0.05) is 6.20 Å². The Hall–Kier alpha value is -1.16. The molecule has 0 saturated heterocycles. The minimum Gasteiger partial charge on any atom is -0.276 e. The van der Waals surface area contributed by atoms with Crippen molar-refractivity contribution in [3.8, 4) is 0 Å². The van der Waals surface area contributed by atoms with Gasteiger partial charge in [0.25, 0.3) is 0 Å². The number of pyridine rings is 1. The van der Waals surface area contributed by atoms with Crippen LogP contribution in [0.15, 0.2) is 28.4 Å². The summed E-state index contributed by atoms with van der Waals surface area (Å²) >= 11 is 4.89. The molecule has 0 amide bonds. The van der Waals surface area contributed by atoms with Gasteiger partial charge in [0.1, 0.15) is 10.3 Å². The molecular weight excluding hydrogens is 158 g/mol. The van der Waals surface area contributed by atoms with Crippen LogP contribution in [0.2, 0.25) is 0 Å². The molecule has 1 aliphatic heterocycles. The highest BCUT2D eigenvalue weighted by Gasteiger charge is 1.98. The summed E-state index contributed by atoms with van der Waals surface area (Å²) in [6.45, 7) is 0.534. The highest BCUT2D eigenvalue weighted by atomic mass is 32.1. The molecule has 2 heterocycles.